The number of carbonyl (C=O) groups excluding carboxylic acids is 1. The van der Waals surface area contributed by atoms with Gasteiger partial charge in [0.25, 0.3) is 0 Å². The zero-order valence-corrected chi connectivity index (χ0v) is 16.8. The fourth-order valence-corrected chi connectivity index (χ4v) is 5.36. The second kappa shape index (κ2) is 8.31. The van der Waals surface area contributed by atoms with Crippen molar-refractivity contribution in [2.75, 3.05) is 45.8 Å². The summed E-state index contributed by atoms with van der Waals surface area (Å²) in [5, 5.41) is 0. The summed E-state index contributed by atoms with van der Waals surface area (Å²) in [6.45, 7) is 10.2. The predicted molar refractivity (Wildman–Crippen MR) is 106 cm³/mol. The lowest BCUT2D eigenvalue weighted by Gasteiger charge is -2.50. The largest absolute Gasteiger partial charge is 0.348 e. The molecule has 0 aliphatic carbocycles. The van der Waals surface area contributed by atoms with Gasteiger partial charge in [0.05, 0.1) is 6.33 Å². The second-order valence-corrected chi connectivity index (χ2v) is 8.84. The standard InChI is InChI=1S/C21H35N5O/c1-2-24-10-5-19(6-11-24)25-13-8-21(9-14-25)7-3-20(27)26(16-21)12-4-18-15-22-17-23-18/h15,17,19H,2-14,16H2,1H3,(H,22,23). The highest BCUT2D eigenvalue weighted by atomic mass is 16.2. The molecule has 3 fully saturated rings. The summed E-state index contributed by atoms with van der Waals surface area (Å²) in [5.41, 5.74) is 1.48. The fourth-order valence-electron chi connectivity index (χ4n) is 5.36. The molecule has 0 bridgehead atoms. The number of nitrogens with zero attached hydrogens (tertiary/aromatic N) is 4. The van der Waals surface area contributed by atoms with Crippen LogP contribution in [0, 0.1) is 5.41 Å². The number of nitrogens with one attached hydrogen (secondary N) is 1. The van der Waals surface area contributed by atoms with E-state index in [4.69, 9.17) is 0 Å². The van der Waals surface area contributed by atoms with Crippen LogP contribution in [0.5, 0.6) is 0 Å². The van der Waals surface area contributed by atoms with Crippen molar-refractivity contribution in [2.24, 2.45) is 5.41 Å². The van der Waals surface area contributed by atoms with Gasteiger partial charge >= 0.3 is 0 Å². The fraction of sp³-hybridized carbons (Fsp3) is 0.810. The first-order chi connectivity index (χ1) is 13.2. The van der Waals surface area contributed by atoms with Crippen LogP contribution in [-0.4, -0.2) is 82.4 Å². The van der Waals surface area contributed by atoms with Crippen LogP contribution in [0.4, 0.5) is 0 Å². The third-order valence-electron chi connectivity index (χ3n) is 7.33. The number of aromatic amines is 1. The molecule has 1 N–H and O–H groups in total. The topological polar surface area (TPSA) is 55.5 Å². The van der Waals surface area contributed by atoms with E-state index in [0.717, 1.165) is 44.1 Å². The monoisotopic (exact) mass is 373 g/mol. The highest BCUT2D eigenvalue weighted by Crippen LogP contribution is 2.41. The van der Waals surface area contributed by atoms with E-state index in [-0.39, 0.29) is 0 Å². The zero-order chi connectivity index (χ0) is 18.7. The van der Waals surface area contributed by atoms with Crippen molar-refractivity contribution in [1.29, 1.82) is 0 Å². The number of carbonyl (C=O) groups is 1. The molecule has 0 atom stereocenters. The normalized spacial score (nSPS) is 25.4. The Morgan fingerprint density at radius 2 is 1.96 bits per heavy atom. The quantitative estimate of drug-likeness (QED) is 0.859. The van der Waals surface area contributed by atoms with Gasteiger partial charge in [-0.2, -0.15) is 0 Å². The third kappa shape index (κ3) is 4.37. The number of hydrogen-bond donors (Lipinski definition) is 1. The van der Waals surface area contributed by atoms with Gasteiger partial charge in [-0.05, 0) is 70.2 Å². The van der Waals surface area contributed by atoms with Gasteiger partial charge in [0.2, 0.25) is 5.91 Å². The Kier molecular flexibility index (Phi) is 5.83. The van der Waals surface area contributed by atoms with Gasteiger partial charge in [-0.3, -0.25) is 4.79 Å². The SMILES string of the molecule is CCN1CCC(N2CCC3(CCC(=O)N(CCc4cnc[nH]4)C3)CC2)CC1. The van der Waals surface area contributed by atoms with Crippen LogP contribution < -0.4 is 0 Å². The van der Waals surface area contributed by atoms with Crippen molar-refractivity contribution in [3.8, 4) is 0 Å². The van der Waals surface area contributed by atoms with Crippen molar-refractivity contribution in [3.63, 3.8) is 0 Å². The number of amides is 1. The molecule has 4 rings (SSSR count). The lowest BCUT2D eigenvalue weighted by atomic mass is 9.72. The summed E-state index contributed by atoms with van der Waals surface area (Å²) in [6.07, 6.45) is 11.5. The van der Waals surface area contributed by atoms with E-state index in [1.54, 1.807) is 6.33 Å². The predicted octanol–water partition coefficient (Wildman–Crippen LogP) is 2.14. The van der Waals surface area contributed by atoms with Crippen LogP contribution in [0.3, 0.4) is 0 Å². The molecule has 0 radical (unpaired) electrons. The smallest absolute Gasteiger partial charge is 0.222 e. The third-order valence-corrected chi connectivity index (χ3v) is 7.33. The average molecular weight is 374 g/mol. The minimum Gasteiger partial charge on any atom is -0.348 e. The molecule has 0 saturated carbocycles. The Balaban J connectivity index is 1.28. The van der Waals surface area contributed by atoms with Gasteiger partial charge in [-0.15, -0.1) is 0 Å². The number of rotatable bonds is 5. The van der Waals surface area contributed by atoms with Gasteiger partial charge in [-0.25, -0.2) is 4.98 Å². The van der Waals surface area contributed by atoms with Crippen LogP contribution >= 0.6 is 0 Å². The van der Waals surface area contributed by atoms with Gasteiger partial charge < -0.3 is 19.7 Å². The number of H-pyrrole nitrogens is 1. The Labute approximate surface area is 163 Å². The molecule has 3 aliphatic rings. The maximum Gasteiger partial charge on any atom is 0.222 e. The summed E-state index contributed by atoms with van der Waals surface area (Å²) < 4.78 is 0. The summed E-state index contributed by atoms with van der Waals surface area (Å²) in [7, 11) is 0. The summed E-state index contributed by atoms with van der Waals surface area (Å²) in [5.74, 6) is 0.342. The summed E-state index contributed by atoms with van der Waals surface area (Å²) in [6, 6.07) is 0.784. The molecule has 6 heteroatoms. The molecular formula is C21H35N5O. The summed E-state index contributed by atoms with van der Waals surface area (Å²) >= 11 is 0. The molecule has 4 heterocycles. The van der Waals surface area contributed by atoms with E-state index in [9.17, 15) is 4.79 Å². The number of imidazole rings is 1. The number of hydrogen-bond acceptors (Lipinski definition) is 4. The molecule has 1 spiro atoms. The Morgan fingerprint density at radius 3 is 2.63 bits per heavy atom. The highest BCUT2D eigenvalue weighted by Gasteiger charge is 2.42. The van der Waals surface area contributed by atoms with E-state index >= 15 is 0 Å². The molecular weight excluding hydrogens is 338 g/mol. The van der Waals surface area contributed by atoms with E-state index in [1.165, 1.54) is 58.4 Å². The van der Waals surface area contributed by atoms with Crippen LogP contribution in [0.25, 0.3) is 0 Å². The lowest BCUT2D eigenvalue weighted by Crippen LogP contribution is -2.54. The number of piperidine rings is 3. The first-order valence-electron chi connectivity index (χ1n) is 10.9. The maximum atomic E-state index is 12.4. The molecule has 150 valence electrons. The van der Waals surface area contributed by atoms with Gasteiger partial charge in [0, 0.05) is 43.9 Å². The van der Waals surface area contributed by atoms with Crippen LogP contribution in [-0.2, 0) is 11.2 Å². The Hall–Kier alpha value is -1.40. The van der Waals surface area contributed by atoms with Crippen molar-refractivity contribution < 1.29 is 4.79 Å². The average Bonchev–Trinajstić information content (AvgIpc) is 3.23. The molecule has 0 unspecified atom stereocenters. The van der Waals surface area contributed by atoms with Crippen molar-refractivity contribution >= 4 is 5.91 Å². The van der Waals surface area contributed by atoms with Crippen LogP contribution in [0.1, 0.15) is 51.1 Å². The first kappa shape index (κ1) is 18.9. The van der Waals surface area contributed by atoms with Gasteiger partial charge in [-0.1, -0.05) is 6.92 Å². The summed E-state index contributed by atoms with van der Waals surface area (Å²) in [4.78, 5) is 27.1. The molecule has 3 saturated heterocycles. The van der Waals surface area contributed by atoms with Gasteiger partial charge in [0.1, 0.15) is 0 Å². The lowest BCUT2D eigenvalue weighted by molar-refractivity contribution is -0.139. The molecule has 1 amide bonds. The van der Waals surface area contributed by atoms with E-state index in [1.807, 2.05) is 6.20 Å². The molecule has 6 nitrogen and oxygen atoms in total. The Bertz CT molecular complexity index is 600. The van der Waals surface area contributed by atoms with Crippen LogP contribution in [0.2, 0.25) is 0 Å². The minimum atomic E-state index is 0.342. The maximum absolute atomic E-state index is 12.4. The van der Waals surface area contributed by atoms with E-state index in [2.05, 4.69) is 31.6 Å². The van der Waals surface area contributed by atoms with Crippen LogP contribution in [0.15, 0.2) is 12.5 Å². The molecule has 0 aromatic carbocycles. The second-order valence-electron chi connectivity index (χ2n) is 8.84. The molecule has 1 aromatic heterocycles. The highest BCUT2D eigenvalue weighted by molar-refractivity contribution is 5.77. The molecule has 27 heavy (non-hydrogen) atoms. The molecule has 3 aliphatic heterocycles. The molecule has 1 aromatic rings. The minimum absolute atomic E-state index is 0.342. The van der Waals surface area contributed by atoms with Crippen molar-refractivity contribution in [1.82, 2.24) is 24.7 Å². The zero-order valence-electron chi connectivity index (χ0n) is 16.8. The van der Waals surface area contributed by atoms with E-state index in [0.29, 0.717) is 11.3 Å². The first-order valence-corrected chi connectivity index (χ1v) is 10.9. The van der Waals surface area contributed by atoms with Crippen molar-refractivity contribution in [3.05, 3.63) is 18.2 Å². The number of likely N-dealkylation sites (tertiary alicyclic amines) is 3. The number of aromatic nitrogens is 2. The Morgan fingerprint density at radius 1 is 1.19 bits per heavy atom. The van der Waals surface area contributed by atoms with Gasteiger partial charge in [0.15, 0.2) is 0 Å². The van der Waals surface area contributed by atoms with E-state index < -0.39 is 0 Å². The van der Waals surface area contributed by atoms with Crippen molar-refractivity contribution in [2.45, 2.75) is 57.9 Å².